The average molecular weight is 346 g/mol. The Hall–Kier alpha value is -1.81. The number of hydrogen-bond acceptors (Lipinski definition) is 2. The number of likely N-dealkylation sites (tertiary alicyclic amines) is 1. The smallest absolute Gasteiger partial charge is 0.226 e. The zero-order chi connectivity index (χ0) is 17.1. The van der Waals surface area contributed by atoms with Gasteiger partial charge in [-0.15, -0.1) is 0 Å². The summed E-state index contributed by atoms with van der Waals surface area (Å²) in [6.45, 7) is 6.78. The summed E-state index contributed by atoms with van der Waals surface area (Å²) in [4.78, 5) is 14.4. The van der Waals surface area contributed by atoms with Gasteiger partial charge in [-0.25, -0.2) is 0 Å². The van der Waals surface area contributed by atoms with E-state index < -0.39 is 0 Å². The highest BCUT2D eigenvalue weighted by atomic mass is 35.5. The second-order valence-electron chi connectivity index (χ2n) is 6.74. The molecule has 2 aromatic rings. The Morgan fingerprint density at radius 3 is 2.46 bits per heavy atom. The Kier molecular flexibility index (Phi) is 5.24. The van der Waals surface area contributed by atoms with Crippen molar-refractivity contribution in [2.24, 2.45) is 5.92 Å². The lowest BCUT2D eigenvalue weighted by Gasteiger charge is -2.32. The number of piperidine rings is 1. The third-order valence-electron chi connectivity index (χ3n) is 4.77. The van der Waals surface area contributed by atoms with Crippen molar-refractivity contribution in [3.05, 3.63) is 52.3 Å². The molecular formula is C19H24ClN3O. The van der Waals surface area contributed by atoms with Gasteiger partial charge in [-0.2, -0.15) is 5.10 Å². The summed E-state index contributed by atoms with van der Waals surface area (Å²) in [7, 11) is 0. The predicted octanol–water partition coefficient (Wildman–Crippen LogP) is 3.63. The van der Waals surface area contributed by atoms with E-state index >= 15 is 0 Å². The fourth-order valence-electron chi connectivity index (χ4n) is 3.36. The molecule has 1 aliphatic heterocycles. The second-order valence-corrected chi connectivity index (χ2v) is 7.17. The number of carbonyl (C=O) groups is 1. The number of halogens is 1. The van der Waals surface area contributed by atoms with E-state index in [1.54, 1.807) is 0 Å². The van der Waals surface area contributed by atoms with Crippen LogP contribution in [0.1, 0.15) is 29.8 Å². The number of benzene rings is 1. The largest absolute Gasteiger partial charge is 0.342 e. The van der Waals surface area contributed by atoms with Gasteiger partial charge in [0.05, 0.1) is 12.1 Å². The van der Waals surface area contributed by atoms with Crippen LogP contribution in [0.4, 0.5) is 0 Å². The summed E-state index contributed by atoms with van der Waals surface area (Å²) in [5.74, 6) is 0.810. The molecule has 0 saturated carbocycles. The van der Waals surface area contributed by atoms with E-state index in [1.165, 1.54) is 5.69 Å². The lowest BCUT2D eigenvalue weighted by atomic mass is 9.96. The van der Waals surface area contributed by atoms with Crippen molar-refractivity contribution < 1.29 is 4.79 Å². The third kappa shape index (κ3) is 4.18. The van der Waals surface area contributed by atoms with Gasteiger partial charge >= 0.3 is 0 Å². The van der Waals surface area contributed by atoms with E-state index in [9.17, 15) is 4.79 Å². The highest BCUT2D eigenvalue weighted by molar-refractivity contribution is 6.30. The molecule has 1 aromatic carbocycles. The maximum absolute atomic E-state index is 12.5. The molecule has 0 unspecified atom stereocenters. The molecular weight excluding hydrogens is 322 g/mol. The van der Waals surface area contributed by atoms with E-state index in [0.717, 1.165) is 43.7 Å². The molecule has 1 amide bonds. The number of aryl methyl sites for hydroxylation is 2. The molecule has 24 heavy (non-hydrogen) atoms. The number of hydrogen-bond donors (Lipinski definition) is 0. The summed E-state index contributed by atoms with van der Waals surface area (Å²) < 4.78 is 2.10. The van der Waals surface area contributed by atoms with Crippen LogP contribution in [-0.2, 0) is 17.8 Å². The molecule has 0 atom stereocenters. The highest BCUT2D eigenvalue weighted by Crippen LogP contribution is 2.21. The van der Waals surface area contributed by atoms with Crippen LogP contribution in [0.5, 0.6) is 0 Å². The Balaban J connectivity index is 1.50. The van der Waals surface area contributed by atoms with Gasteiger partial charge in [0.2, 0.25) is 5.91 Å². The molecule has 1 aliphatic rings. The number of carbonyl (C=O) groups excluding carboxylic acids is 1. The summed E-state index contributed by atoms with van der Waals surface area (Å²) in [6.07, 6.45) is 2.55. The molecule has 0 aliphatic carbocycles. The van der Waals surface area contributed by atoms with Gasteiger partial charge in [0.25, 0.3) is 0 Å². The van der Waals surface area contributed by atoms with Crippen molar-refractivity contribution in [1.29, 1.82) is 0 Å². The zero-order valence-corrected chi connectivity index (χ0v) is 15.1. The van der Waals surface area contributed by atoms with Gasteiger partial charge in [0, 0.05) is 30.4 Å². The maximum Gasteiger partial charge on any atom is 0.226 e. The van der Waals surface area contributed by atoms with Crippen molar-refractivity contribution in [3.63, 3.8) is 0 Å². The SMILES string of the molecule is Cc1cc(C)n(CC2CCN(C(=O)Cc3ccc(Cl)cc3)CC2)n1. The summed E-state index contributed by atoms with van der Waals surface area (Å²) >= 11 is 5.89. The van der Waals surface area contributed by atoms with Crippen LogP contribution in [0, 0.1) is 19.8 Å². The topological polar surface area (TPSA) is 38.1 Å². The first kappa shape index (κ1) is 17.0. The Labute approximate surface area is 148 Å². The van der Waals surface area contributed by atoms with Crippen molar-refractivity contribution >= 4 is 17.5 Å². The first-order valence-corrected chi connectivity index (χ1v) is 8.92. The Bertz CT molecular complexity index is 700. The van der Waals surface area contributed by atoms with E-state index in [1.807, 2.05) is 36.1 Å². The van der Waals surface area contributed by atoms with Crippen LogP contribution in [0.15, 0.2) is 30.3 Å². The van der Waals surface area contributed by atoms with Gasteiger partial charge in [-0.05, 0) is 56.4 Å². The molecule has 1 aromatic heterocycles. The minimum Gasteiger partial charge on any atom is -0.342 e. The molecule has 128 valence electrons. The van der Waals surface area contributed by atoms with Crippen molar-refractivity contribution in [1.82, 2.24) is 14.7 Å². The van der Waals surface area contributed by atoms with Gasteiger partial charge < -0.3 is 4.90 Å². The molecule has 4 nitrogen and oxygen atoms in total. The Morgan fingerprint density at radius 2 is 1.88 bits per heavy atom. The van der Waals surface area contributed by atoms with E-state index in [0.29, 0.717) is 17.4 Å². The Morgan fingerprint density at radius 1 is 1.21 bits per heavy atom. The lowest BCUT2D eigenvalue weighted by molar-refractivity contribution is -0.131. The van der Waals surface area contributed by atoms with E-state index in [2.05, 4.69) is 22.8 Å². The van der Waals surface area contributed by atoms with Gasteiger partial charge in [-0.1, -0.05) is 23.7 Å². The molecule has 3 rings (SSSR count). The van der Waals surface area contributed by atoms with Crippen molar-refractivity contribution in [2.45, 2.75) is 39.7 Å². The monoisotopic (exact) mass is 345 g/mol. The summed E-state index contributed by atoms with van der Waals surface area (Å²) in [5.41, 5.74) is 3.31. The number of nitrogens with zero attached hydrogens (tertiary/aromatic N) is 3. The minimum atomic E-state index is 0.210. The van der Waals surface area contributed by atoms with E-state index in [-0.39, 0.29) is 5.91 Å². The standard InChI is InChI=1S/C19H24ClN3O/c1-14-11-15(2)23(21-14)13-17-7-9-22(10-8-17)19(24)12-16-3-5-18(20)6-4-16/h3-6,11,17H,7-10,12-13H2,1-2H3. The predicted molar refractivity (Wildman–Crippen MR) is 96.2 cm³/mol. The quantitative estimate of drug-likeness (QED) is 0.848. The van der Waals surface area contributed by atoms with Crippen LogP contribution in [0.2, 0.25) is 5.02 Å². The average Bonchev–Trinajstić information content (AvgIpc) is 2.88. The normalized spacial score (nSPS) is 15.7. The van der Waals surface area contributed by atoms with Crippen LogP contribution in [-0.4, -0.2) is 33.7 Å². The minimum absolute atomic E-state index is 0.210. The first-order chi connectivity index (χ1) is 11.5. The highest BCUT2D eigenvalue weighted by Gasteiger charge is 2.23. The molecule has 0 spiro atoms. The van der Waals surface area contributed by atoms with Crippen molar-refractivity contribution in [2.75, 3.05) is 13.1 Å². The summed E-state index contributed by atoms with van der Waals surface area (Å²) in [5, 5.41) is 5.25. The number of rotatable bonds is 4. The molecule has 1 saturated heterocycles. The summed E-state index contributed by atoms with van der Waals surface area (Å²) in [6, 6.07) is 9.64. The maximum atomic E-state index is 12.5. The van der Waals surface area contributed by atoms with Gasteiger partial charge in [0.15, 0.2) is 0 Å². The van der Waals surface area contributed by atoms with Gasteiger partial charge in [-0.3, -0.25) is 9.48 Å². The number of amides is 1. The van der Waals surface area contributed by atoms with Crippen LogP contribution in [0.3, 0.4) is 0 Å². The van der Waals surface area contributed by atoms with Crippen LogP contribution < -0.4 is 0 Å². The first-order valence-electron chi connectivity index (χ1n) is 8.54. The second kappa shape index (κ2) is 7.39. The van der Waals surface area contributed by atoms with Crippen LogP contribution in [0.25, 0.3) is 0 Å². The zero-order valence-electron chi connectivity index (χ0n) is 14.3. The van der Waals surface area contributed by atoms with Crippen LogP contribution >= 0.6 is 11.6 Å². The molecule has 1 fully saturated rings. The number of aromatic nitrogens is 2. The third-order valence-corrected chi connectivity index (χ3v) is 5.02. The molecule has 5 heteroatoms. The molecule has 0 radical (unpaired) electrons. The molecule has 0 N–H and O–H groups in total. The van der Waals surface area contributed by atoms with Crippen molar-refractivity contribution in [3.8, 4) is 0 Å². The fourth-order valence-corrected chi connectivity index (χ4v) is 3.48. The lowest BCUT2D eigenvalue weighted by Crippen LogP contribution is -2.40. The molecule has 2 heterocycles. The fraction of sp³-hybridized carbons (Fsp3) is 0.474. The molecule has 0 bridgehead atoms. The van der Waals surface area contributed by atoms with Gasteiger partial charge in [0.1, 0.15) is 0 Å². The van der Waals surface area contributed by atoms with E-state index in [4.69, 9.17) is 11.6 Å².